The van der Waals surface area contributed by atoms with E-state index >= 15 is 0 Å². The summed E-state index contributed by atoms with van der Waals surface area (Å²) in [6.45, 7) is 7.12. The van der Waals surface area contributed by atoms with Crippen LogP contribution in [0.25, 0.3) is 22.3 Å². The first kappa shape index (κ1) is 21.8. The second-order valence-corrected chi connectivity index (χ2v) is 8.36. The highest BCUT2D eigenvalue weighted by atomic mass is 16.5. The standard InChI is InChI=1S/C27H27N5O2/c1-3-34-27(33)22-18-28-25(21-9-6-7-19(2)17-21)30-26(22)32-15-13-31(14-16-32)24-12-11-20-8-4-5-10-23(20)29-24/h4-12,17-18H,3,13-16H2,1-2H3. The fourth-order valence-electron chi connectivity index (χ4n) is 4.27. The maximum Gasteiger partial charge on any atom is 0.343 e. The molecule has 1 fully saturated rings. The normalized spacial score (nSPS) is 13.8. The van der Waals surface area contributed by atoms with E-state index in [2.05, 4.69) is 33.0 Å². The van der Waals surface area contributed by atoms with E-state index in [1.807, 2.05) is 49.4 Å². The van der Waals surface area contributed by atoms with Crippen molar-refractivity contribution in [1.29, 1.82) is 0 Å². The number of benzene rings is 2. The van der Waals surface area contributed by atoms with Gasteiger partial charge in [0.15, 0.2) is 5.82 Å². The van der Waals surface area contributed by atoms with Gasteiger partial charge in [-0.2, -0.15) is 0 Å². The Kier molecular flexibility index (Phi) is 6.08. The summed E-state index contributed by atoms with van der Waals surface area (Å²) in [5.41, 5.74) is 3.45. The number of rotatable bonds is 5. The van der Waals surface area contributed by atoms with Gasteiger partial charge in [-0.25, -0.2) is 19.7 Å². The Morgan fingerprint density at radius 3 is 2.53 bits per heavy atom. The first-order valence-corrected chi connectivity index (χ1v) is 11.6. The lowest BCUT2D eigenvalue weighted by molar-refractivity contribution is 0.0526. The van der Waals surface area contributed by atoms with Gasteiger partial charge in [-0.05, 0) is 38.1 Å². The Balaban J connectivity index is 1.41. The molecule has 5 rings (SSSR count). The van der Waals surface area contributed by atoms with Gasteiger partial charge in [0.25, 0.3) is 0 Å². The average Bonchev–Trinajstić information content (AvgIpc) is 2.88. The van der Waals surface area contributed by atoms with E-state index < -0.39 is 5.97 Å². The minimum atomic E-state index is -0.396. The lowest BCUT2D eigenvalue weighted by Gasteiger charge is -2.36. The summed E-state index contributed by atoms with van der Waals surface area (Å²) in [6.07, 6.45) is 1.59. The second kappa shape index (κ2) is 9.47. The number of fused-ring (bicyclic) bond motifs is 1. The van der Waals surface area contributed by atoms with Gasteiger partial charge >= 0.3 is 5.97 Å². The third-order valence-electron chi connectivity index (χ3n) is 6.03. The average molecular weight is 454 g/mol. The fourth-order valence-corrected chi connectivity index (χ4v) is 4.27. The molecular formula is C27H27N5O2. The number of hydrogen-bond acceptors (Lipinski definition) is 7. The Hall–Kier alpha value is -4.00. The molecule has 7 heteroatoms. The number of ether oxygens (including phenoxy) is 1. The van der Waals surface area contributed by atoms with Crippen LogP contribution >= 0.6 is 0 Å². The molecule has 34 heavy (non-hydrogen) atoms. The lowest BCUT2D eigenvalue weighted by atomic mass is 10.1. The molecule has 0 N–H and O–H groups in total. The number of carbonyl (C=O) groups excluding carboxylic acids is 1. The van der Waals surface area contributed by atoms with Gasteiger partial charge in [-0.1, -0.05) is 42.0 Å². The molecule has 0 aliphatic carbocycles. The zero-order valence-electron chi connectivity index (χ0n) is 19.4. The number of nitrogens with zero attached hydrogens (tertiary/aromatic N) is 5. The van der Waals surface area contributed by atoms with Crippen LogP contribution in [0.1, 0.15) is 22.8 Å². The number of aromatic nitrogens is 3. The van der Waals surface area contributed by atoms with Crippen LogP contribution in [0.4, 0.5) is 11.6 Å². The molecule has 1 aliphatic rings. The van der Waals surface area contributed by atoms with Crippen molar-refractivity contribution >= 4 is 28.5 Å². The maximum atomic E-state index is 12.7. The SMILES string of the molecule is CCOC(=O)c1cnc(-c2cccc(C)c2)nc1N1CCN(c2ccc3ccccc3n2)CC1. The smallest absolute Gasteiger partial charge is 0.343 e. The highest BCUT2D eigenvalue weighted by Gasteiger charge is 2.25. The summed E-state index contributed by atoms with van der Waals surface area (Å²) < 4.78 is 5.29. The van der Waals surface area contributed by atoms with E-state index in [0.29, 0.717) is 36.9 Å². The number of piperazine rings is 1. The number of pyridine rings is 1. The van der Waals surface area contributed by atoms with Crippen LogP contribution in [-0.2, 0) is 4.74 Å². The summed E-state index contributed by atoms with van der Waals surface area (Å²) >= 11 is 0. The van der Waals surface area contributed by atoms with E-state index in [9.17, 15) is 4.79 Å². The topological polar surface area (TPSA) is 71.5 Å². The number of anilines is 2. The van der Waals surface area contributed by atoms with Crippen molar-refractivity contribution < 1.29 is 9.53 Å². The van der Waals surface area contributed by atoms with Crippen LogP contribution < -0.4 is 9.80 Å². The van der Waals surface area contributed by atoms with E-state index in [4.69, 9.17) is 14.7 Å². The number of hydrogen-bond donors (Lipinski definition) is 0. The van der Waals surface area contributed by atoms with Gasteiger partial charge in [-0.15, -0.1) is 0 Å². The lowest BCUT2D eigenvalue weighted by Crippen LogP contribution is -2.47. The van der Waals surface area contributed by atoms with Gasteiger partial charge in [0.1, 0.15) is 17.2 Å². The summed E-state index contributed by atoms with van der Waals surface area (Å²) in [5, 5.41) is 1.13. The van der Waals surface area contributed by atoms with Crippen LogP contribution in [0.15, 0.2) is 66.9 Å². The van der Waals surface area contributed by atoms with Crippen molar-refractivity contribution in [3.8, 4) is 11.4 Å². The molecule has 1 aliphatic heterocycles. The molecule has 3 heterocycles. The second-order valence-electron chi connectivity index (χ2n) is 8.36. The van der Waals surface area contributed by atoms with E-state index in [1.165, 1.54) is 0 Å². The number of para-hydroxylation sites is 1. The molecule has 4 aromatic rings. The summed E-state index contributed by atoms with van der Waals surface area (Å²) in [4.78, 5) is 31.2. The van der Waals surface area contributed by atoms with E-state index in [-0.39, 0.29) is 0 Å². The fraction of sp³-hybridized carbons (Fsp3) is 0.259. The van der Waals surface area contributed by atoms with Crippen molar-refractivity contribution in [2.45, 2.75) is 13.8 Å². The summed E-state index contributed by atoms with van der Waals surface area (Å²) in [5.74, 6) is 1.79. The number of carbonyl (C=O) groups is 1. The molecule has 0 unspecified atom stereocenters. The molecule has 0 atom stereocenters. The minimum Gasteiger partial charge on any atom is -0.462 e. The van der Waals surface area contributed by atoms with Crippen LogP contribution in [0.2, 0.25) is 0 Å². The Labute approximate surface area is 199 Å². The van der Waals surface area contributed by atoms with Crippen molar-refractivity contribution in [2.75, 3.05) is 42.6 Å². The number of esters is 1. The molecule has 1 saturated heterocycles. The predicted octanol–water partition coefficient (Wildman–Crippen LogP) is 4.50. The zero-order valence-corrected chi connectivity index (χ0v) is 19.4. The van der Waals surface area contributed by atoms with Crippen LogP contribution in [0.3, 0.4) is 0 Å². The molecule has 0 spiro atoms. The third kappa shape index (κ3) is 4.41. The molecule has 0 radical (unpaired) electrons. The van der Waals surface area contributed by atoms with E-state index in [1.54, 1.807) is 13.1 Å². The summed E-state index contributed by atoms with van der Waals surface area (Å²) in [6, 6.07) is 20.4. The Morgan fingerprint density at radius 2 is 1.74 bits per heavy atom. The monoisotopic (exact) mass is 453 g/mol. The number of aryl methyl sites for hydroxylation is 1. The maximum absolute atomic E-state index is 12.7. The molecule has 0 bridgehead atoms. The molecule has 0 amide bonds. The molecule has 0 saturated carbocycles. The molecule has 2 aromatic carbocycles. The largest absolute Gasteiger partial charge is 0.462 e. The van der Waals surface area contributed by atoms with Crippen LogP contribution in [0, 0.1) is 6.92 Å². The van der Waals surface area contributed by atoms with Gasteiger partial charge < -0.3 is 14.5 Å². The predicted molar refractivity (Wildman–Crippen MR) is 134 cm³/mol. The third-order valence-corrected chi connectivity index (χ3v) is 6.03. The molecule has 7 nitrogen and oxygen atoms in total. The quantitative estimate of drug-likeness (QED) is 0.412. The highest BCUT2D eigenvalue weighted by Crippen LogP contribution is 2.26. The Bertz CT molecular complexity index is 1330. The van der Waals surface area contributed by atoms with Crippen molar-refractivity contribution in [2.24, 2.45) is 0 Å². The van der Waals surface area contributed by atoms with Crippen LogP contribution in [-0.4, -0.2) is 53.7 Å². The molecular weight excluding hydrogens is 426 g/mol. The summed E-state index contributed by atoms with van der Waals surface area (Å²) in [7, 11) is 0. The molecule has 172 valence electrons. The van der Waals surface area contributed by atoms with Crippen molar-refractivity contribution in [3.05, 3.63) is 78.0 Å². The highest BCUT2D eigenvalue weighted by molar-refractivity contribution is 5.95. The molecule has 2 aromatic heterocycles. The Morgan fingerprint density at radius 1 is 0.941 bits per heavy atom. The van der Waals surface area contributed by atoms with Gasteiger partial charge in [0.05, 0.1) is 12.1 Å². The zero-order chi connectivity index (χ0) is 23.5. The van der Waals surface area contributed by atoms with Gasteiger partial charge in [0, 0.05) is 43.3 Å². The van der Waals surface area contributed by atoms with Crippen LogP contribution in [0.5, 0.6) is 0 Å². The van der Waals surface area contributed by atoms with Crippen molar-refractivity contribution in [1.82, 2.24) is 15.0 Å². The first-order chi connectivity index (χ1) is 16.6. The van der Waals surface area contributed by atoms with Gasteiger partial charge in [0.2, 0.25) is 0 Å². The minimum absolute atomic E-state index is 0.305. The van der Waals surface area contributed by atoms with Gasteiger partial charge in [-0.3, -0.25) is 0 Å². The van der Waals surface area contributed by atoms with E-state index in [0.717, 1.165) is 40.9 Å². The first-order valence-electron chi connectivity index (χ1n) is 11.6. The van der Waals surface area contributed by atoms with Crippen molar-refractivity contribution in [3.63, 3.8) is 0 Å².